The standard InChI is InChI=1S/C20H23N5O2/c1-22-15(13-19(26)23(2)20(22)27)14-24-9-11-25(12-10-24)18-7-8-21-17-6-4-3-5-16(17)18/h3-8,13H,9-12,14H2,1-2H3. The van der Waals surface area contributed by atoms with Crippen LogP contribution in [0.3, 0.4) is 0 Å². The number of hydrogen-bond donors (Lipinski definition) is 0. The van der Waals surface area contributed by atoms with Crippen LogP contribution in [0.2, 0.25) is 0 Å². The molecule has 1 aliphatic rings. The van der Waals surface area contributed by atoms with Crippen molar-refractivity contribution in [3.63, 3.8) is 0 Å². The third kappa shape index (κ3) is 3.26. The molecule has 0 N–H and O–H groups in total. The number of piperazine rings is 1. The molecule has 4 rings (SSSR count). The summed E-state index contributed by atoms with van der Waals surface area (Å²) in [7, 11) is 3.22. The Morgan fingerprint density at radius 2 is 1.70 bits per heavy atom. The molecule has 1 fully saturated rings. The number of benzene rings is 1. The number of hydrogen-bond acceptors (Lipinski definition) is 5. The summed E-state index contributed by atoms with van der Waals surface area (Å²) in [6.45, 7) is 4.15. The van der Waals surface area contributed by atoms with E-state index in [9.17, 15) is 9.59 Å². The molecule has 140 valence electrons. The first-order valence-electron chi connectivity index (χ1n) is 9.11. The van der Waals surface area contributed by atoms with E-state index in [1.165, 1.54) is 18.1 Å². The Morgan fingerprint density at radius 1 is 0.963 bits per heavy atom. The van der Waals surface area contributed by atoms with Gasteiger partial charge in [-0.1, -0.05) is 18.2 Å². The van der Waals surface area contributed by atoms with Crippen LogP contribution >= 0.6 is 0 Å². The predicted octanol–water partition coefficient (Wildman–Crippen LogP) is 0.954. The lowest BCUT2D eigenvalue weighted by atomic mass is 10.1. The molecule has 0 radical (unpaired) electrons. The van der Waals surface area contributed by atoms with Gasteiger partial charge in [-0.05, 0) is 12.1 Å². The maximum atomic E-state index is 12.1. The minimum absolute atomic E-state index is 0.255. The largest absolute Gasteiger partial charge is 0.368 e. The van der Waals surface area contributed by atoms with E-state index in [2.05, 4.69) is 26.9 Å². The Morgan fingerprint density at radius 3 is 2.48 bits per heavy atom. The van der Waals surface area contributed by atoms with Crippen LogP contribution < -0.4 is 16.1 Å². The van der Waals surface area contributed by atoms with E-state index in [0.717, 1.165) is 42.0 Å². The second kappa shape index (κ2) is 7.00. The van der Waals surface area contributed by atoms with Gasteiger partial charge >= 0.3 is 5.69 Å². The Balaban J connectivity index is 1.50. The van der Waals surface area contributed by atoms with Crippen molar-refractivity contribution in [3.05, 3.63) is 69.1 Å². The van der Waals surface area contributed by atoms with Gasteiger partial charge in [0.05, 0.1) is 5.52 Å². The molecule has 0 amide bonds. The van der Waals surface area contributed by atoms with Crippen molar-refractivity contribution < 1.29 is 0 Å². The minimum atomic E-state index is -0.278. The van der Waals surface area contributed by atoms with Gasteiger partial charge in [0.25, 0.3) is 5.56 Å². The molecule has 3 aromatic rings. The normalized spacial score (nSPS) is 15.4. The Bertz CT molecular complexity index is 1090. The highest BCUT2D eigenvalue weighted by Gasteiger charge is 2.20. The molecule has 0 unspecified atom stereocenters. The van der Waals surface area contributed by atoms with Gasteiger partial charge in [0.15, 0.2) is 0 Å². The molecule has 0 atom stereocenters. The molecule has 7 heteroatoms. The Hall–Kier alpha value is -2.93. The van der Waals surface area contributed by atoms with E-state index in [1.54, 1.807) is 17.7 Å². The Labute approximate surface area is 157 Å². The molecule has 0 saturated carbocycles. The van der Waals surface area contributed by atoms with Gasteiger partial charge in [-0.3, -0.25) is 23.8 Å². The van der Waals surface area contributed by atoms with Crippen LogP contribution in [-0.4, -0.2) is 45.2 Å². The maximum Gasteiger partial charge on any atom is 0.330 e. The summed E-state index contributed by atoms with van der Waals surface area (Å²) in [5.74, 6) is 0. The average Bonchev–Trinajstić information content (AvgIpc) is 2.70. The van der Waals surface area contributed by atoms with E-state index >= 15 is 0 Å². The van der Waals surface area contributed by atoms with Gasteiger partial charge < -0.3 is 4.90 Å². The highest BCUT2D eigenvalue weighted by Crippen LogP contribution is 2.26. The van der Waals surface area contributed by atoms with E-state index in [1.807, 2.05) is 24.4 Å². The monoisotopic (exact) mass is 365 g/mol. The van der Waals surface area contributed by atoms with Crippen molar-refractivity contribution in [1.82, 2.24) is 19.0 Å². The molecule has 0 aliphatic carbocycles. The number of para-hydroxylation sites is 1. The first-order valence-corrected chi connectivity index (χ1v) is 9.11. The molecule has 1 aliphatic heterocycles. The summed E-state index contributed by atoms with van der Waals surface area (Å²) in [6.07, 6.45) is 1.86. The van der Waals surface area contributed by atoms with Gasteiger partial charge in [0.2, 0.25) is 0 Å². The van der Waals surface area contributed by atoms with E-state index in [4.69, 9.17) is 0 Å². The molecular formula is C20H23N5O2. The summed E-state index contributed by atoms with van der Waals surface area (Å²) in [4.78, 5) is 33.1. The van der Waals surface area contributed by atoms with Gasteiger partial charge in [0, 0.05) is 75.8 Å². The number of rotatable bonds is 3. The second-order valence-electron chi connectivity index (χ2n) is 6.98. The molecule has 1 aromatic carbocycles. The van der Waals surface area contributed by atoms with Crippen molar-refractivity contribution in [2.45, 2.75) is 6.54 Å². The zero-order valence-electron chi connectivity index (χ0n) is 15.6. The molecule has 0 spiro atoms. The van der Waals surface area contributed by atoms with Crippen LogP contribution in [-0.2, 0) is 20.6 Å². The van der Waals surface area contributed by atoms with Crippen LogP contribution in [0.1, 0.15) is 5.69 Å². The summed E-state index contributed by atoms with van der Waals surface area (Å²) in [6, 6.07) is 11.8. The summed E-state index contributed by atoms with van der Waals surface area (Å²) in [5.41, 5.74) is 2.44. The molecular weight excluding hydrogens is 342 g/mol. The maximum absolute atomic E-state index is 12.1. The SMILES string of the molecule is Cn1c(CN2CCN(c3ccnc4ccccc34)CC2)cc(=O)n(C)c1=O. The van der Waals surface area contributed by atoms with Crippen molar-refractivity contribution in [2.75, 3.05) is 31.1 Å². The predicted molar refractivity (Wildman–Crippen MR) is 106 cm³/mol. The van der Waals surface area contributed by atoms with Gasteiger partial charge in [-0.25, -0.2) is 4.79 Å². The van der Waals surface area contributed by atoms with Crippen LogP contribution in [0.5, 0.6) is 0 Å². The lowest BCUT2D eigenvalue weighted by molar-refractivity contribution is 0.243. The number of fused-ring (bicyclic) bond motifs is 1. The van der Waals surface area contributed by atoms with Crippen molar-refractivity contribution in [1.29, 1.82) is 0 Å². The van der Waals surface area contributed by atoms with Gasteiger partial charge in [0.1, 0.15) is 0 Å². The summed E-state index contributed by atoms with van der Waals surface area (Å²) < 4.78 is 2.69. The van der Waals surface area contributed by atoms with Gasteiger partial charge in [-0.2, -0.15) is 0 Å². The smallest absolute Gasteiger partial charge is 0.330 e. The first-order chi connectivity index (χ1) is 13.0. The molecule has 27 heavy (non-hydrogen) atoms. The molecule has 2 aromatic heterocycles. The Kier molecular flexibility index (Phi) is 4.53. The fraction of sp³-hybridized carbons (Fsp3) is 0.350. The van der Waals surface area contributed by atoms with Crippen molar-refractivity contribution in [2.24, 2.45) is 14.1 Å². The highest BCUT2D eigenvalue weighted by atomic mass is 16.2. The van der Waals surface area contributed by atoms with Crippen LogP contribution in [0.25, 0.3) is 10.9 Å². The quantitative estimate of drug-likeness (QED) is 0.692. The number of nitrogens with zero attached hydrogens (tertiary/aromatic N) is 5. The first kappa shape index (κ1) is 17.5. The van der Waals surface area contributed by atoms with Crippen LogP contribution in [0.15, 0.2) is 52.2 Å². The zero-order valence-corrected chi connectivity index (χ0v) is 15.6. The van der Waals surface area contributed by atoms with E-state index in [0.29, 0.717) is 6.54 Å². The summed E-state index contributed by atoms with van der Waals surface area (Å²) >= 11 is 0. The van der Waals surface area contributed by atoms with Gasteiger partial charge in [-0.15, -0.1) is 0 Å². The fourth-order valence-electron chi connectivity index (χ4n) is 3.66. The fourth-order valence-corrected chi connectivity index (χ4v) is 3.66. The third-order valence-electron chi connectivity index (χ3n) is 5.35. The number of aromatic nitrogens is 3. The lowest BCUT2D eigenvalue weighted by Crippen LogP contribution is -2.47. The molecule has 0 bridgehead atoms. The molecule has 1 saturated heterocycles. The third-order valence-corrected chi connectivity index (χ3v) is 5.35. The zero-order chi connectivity index (χ0) is 19.0. The molecule has 3 heterocycles. The van der Waals surface area contributed by atoms with Crippen molar-refractivity contribution >= 4 is 16.6 Å². The van der Waals surface area contributed by atoms with Crippen LogP contribution in [0.4, 0.5) is 5.69 Å². The minimum Gasteiger partial charge on any atom is -0.368 e. The topological polar surface area (TPSA) is 63.4 Å². The number of anilines is 1. The number of pyridine rings is 1. The van der Waals surface area contributed by atoms with E-state index < -0.39 is 0 Å². The van der Waals surface area contributed by atoms with Crippen molar-refractivity contribution in [3.8, 4) is 0 Å². The summed E-state index contributed by atoms with van der Waals surface area (Å²) in [5, 5.41) is 1.17. The second-order valence-corrected chi connectivity index (χ2v) is 6.98. The lowest BCUT2D eigenvalue weighted by Gasteiger charge is -2.36. The average molecular weight is 365 g/mol. The highest BCUT2D eigenvalue weighted by molar-refractivity contribution is 5.91. The van der Waals surface area contributed by atoms with Crippen LogP contribution in [0, 0.1) is 0 Å². The molecule has 7 nitrogen and oxygen atoms in total. The van der Waals surface area contributed by atoms with E-state index in [-0.39, 0.29) is 11.2 Å².